The monoisotopic (exact) mass is 730 g/mol. The van der Waals surface area contributed by atoms with Crippen molar-refractivity contribution in [1.29, 1.82) is 0 Å². The summed E-state index contributed by atoms with van der Waals surface area (Å²) < 4.78 is 11.5. The van der Waals surface area contributed by atoms with Gasteiger partial charge in [-0.15, -0.1) is 0 Å². The molecule has 0 aliphatic carbocycles. The molecule has 0 aromatic heterocycles. The van der Waals surface area contributed by atoms with E-state index in [2.05, 4.69) is 31.9 Å². The molecule has 6 aromatic rings. The number of fused-ring (bicyclic) bond motifs is 3. The Labute approximate surface area is 312 Å². The maximum Gasteiger partial charge on any atom is 0.258 e. The van der Waals surface area contributed by atoms with Crippen molar-refractivity contribution in [3.63, 3.8) is 0 Å². The van der Waals surface area contributed by atoms with Gasteiger partial charge in [0.1, 0.15) is 11.5 Å². The third-order valence-corrected chi connectivity index (χ3v) is 8.56. The Morgan fingerprint density at radius 3 is 1.37 bits per heavy atom. The van der Waals surface area contributed by atoms with Gasteiger partial charge in [0.2, 0.25) is 0 Å². The molecule has 0 aliphatic rings. The summed E-state index contributed by atoms with van der Waals surface area (Å²) in [6.45, 7) is 1.37. The number of carbonyl (C=O) groups is 2. The fraction of sp³-hybridized carbons (Fsp3) is 0.150. The third kappa shape index (κ3) is 10.1. The van der Waals surface area contributed by atoms with Gasteiger partial charge in [-0.1, -0.05) is 84.9 Å². The highest BCUT2D eigenvalue weighted by Crippen LogP contribution is 2.26. The fourth-order valence-electron chi connectivity index (χ4n) is 5.54. The van der Waals surface area contributed by atoms with Crippen LogP contribution in [0.1, 0.15) is 0 Å². The standard InChI is InChI=1S/C40H38N6O4S2/c47-37(41-19-21-43-39(51)45-35-13-5-9-28-7-1-3-11-33(28)35)25-49-31-17-15-27-16-18-32(24-30(27)23-31)50-26-38(48)42-20-22-44-40(52)46-36-14-6-10-29-8-2-4-12-34(29)36/h1-18,23-24H,19-22,25-26H2,(H,41,47)(H,42,48)(H2,43,45,51)(H2,44,46,52). The Morgan fingerprint density at radius 1 is 0.462 bits per heavy atom. The molecule has 0 bridgehead atoms. The molecule has 12 heteroatoms. The van der Waals surface area contributed by atoms with Crippen LogP contribution >= 0.6 is 24.4 Å². The van der Waals surface area contributed by atoms with Crippen molar-refractivity contribution in [2.45, 2.75) is 0 Å². The molecular weight excluding hydrogens is 693 g/mol. The summed E-state index contributed by atoms with van der Waals surface area (Å²) in [5.74, 6) is 0.569. The highest BCUT2D eigenvalue weighted by Gasteiger charge is 2.08. The van der Waals surface area contributed by atoms with E-state index in [1.54, 1.807) is 12.1 Å². The Balaban J connectivity index is 0.869. The van der Waals surface area contributed by atoms with Crippen molar-refractivity contribution >= 4 is 90.2 Å². The van der Waals surface area contributed by atoms with Gasteiger partial charge in [-0.3, -0.25) is 9.59 Å². The molecule has 264 valence electrons. The highest BCUT2D eigenvalue weighted by molar-refractivity contribution is 7.80. The molecule has 0 saturated carbocycles. The number of hydrogen-bond acceptors (Lipinski definition) is 6. The predicted octanol–water partition coefficient (Wildman–Crippen LogP) is 6.11. The molecule has 2 amide bonds. The second-order valence-electron chi connectivity index (χ2n) is 11.8. The number of ether oxygens (including phenoxy) is 2. The van der Waals surface area contributed by atoms with E-state index in [0.29, 0.717) is 47.9 Å². The number of thiocarbonyl (C=S) groups is 2. The van der Waals surface area contributed by atoms with Crippen molar-refractivity contribution in [1.82, 2.24) is 21.3 Å². The van der Waals surface area contributed by atoms with E-state index in [1.165, 1.54) is 0 Å². The molecule has 0 unspecified atom stereocenters. The second-order valence-corrected chi connectivity index (χ2v) is 12.6. The average molecular weight is 731 g/mol. The zero-order valence-corrected chi connectivity index (χ0v) is 29.9. The van der Waals surface area contributed by atoms with Gasteiger partial charge in [0, 0.05) is 48.3 Å². The number of carbonyl (C=O) groups excluding carboxylic acids is 2. The molecule has 0 spiro atoms. The Kier molecular flexibility index (Phi) is 12.3. The third-order valence-electron chi connectivity index (χ3n) is 8.06. The minimum Gasteiger partial charge on any atom is -0.484 e. The van der Waals surface area contributed by atoms with Gasteiger partial charge in [-0.05, 0) is 82.4 Å². The van der Waals surface area contributed by atoms with Crippen molar-refractivity contribution in [2.24, 2.45) is 0 Å². The van der Waals surface area contributed by atoms with Crippen LogP contribution < -0.4 is 41.4 Å². The molecule has 10 nitrogen and oxygen atoms in total. The fourth-order valence-corrected chi connectivity index (χ4v) is 5.96. The van der Waals surface area contributed by atoms with E-state index < -0.39 is 0 Å². The van der Waals surface area contributed by atoms with Gasteiger partial charge in [0.05, 0.1) is 0 Å². The van der Waals surface area contributed by atoms with E-state index in [0.717, 1.165) is 43.7 Å². The minimum atomic E-state index is -0.254. The van der Waals surface area contributed by atoms with Crippen LogP contribution in [0.5, 0.6) is 11.5 Å². The van der Waals surface area contributed by atoms with Gasteiger partial charge < -0.3 is 41.4 Å². The number of rotatable bonds is 14. The Hall–Kier alpha value is -5.98. The number of amides is 2. The maximum absolute atomic E-state index is 12.4. The summed E-state index contributed by atoms with van der Waals surface area (Å²) in [5, 5.41) is 25.5. The topological polar surface area (TPSA) is 125 Å². The minimum absolute atomic E-state index is 0.140. The zero-order chi connectivity index (χ0) is 36.1. The molecule has 0 radical (unpaired) electrons. The summed E-state index contributed by atoms with van der Waals surface area (Å²) in [6, 6.07) is 39.2. The summed E-state index contributed by atoms with van der Waals surface area (Å²) in [7, 11) is 0. The maximum atomic E-state index is 12.4. The number of nitrogens with one attached hydrogen (secondary N) is 6. The first kappa shape index (κ1) is 35.8. The van der Waals surface area contributed by atoms with Crippen LogP contribution in [-0.4, -0.2) is 61.4 Å². The molecule has 6 N–H and O–H groups in total. The lowest BCUT2D eigenvalue weighted by Crippen LogP contribution is -2.38. The quantitative estimate of drug-likeness (QED) is 0.0578. The van der Waals surface area contributed by atoms with E-state index in [4.69, 9.17) is 33.9 Å². The van der Waals surface area contributed by atoms with Gasteiger partial charge in [-0.25, -0.2) is 0 Å². The van der Waals surface area contributed by atoms with E-state index >= 15 is 0 Å². The normalized spacial score (nSPS) is 10.7. The van der Waals surface area contributed by atoms with Crippen LogP contribution in [0.15, 0.2) is 121 Å². The average Bonchev–Trinajstić information content (AvgIpc) is 3.16. The second kappa shape index (κ2) is 17.8. The van der Waals surface area contributed by atoms with E-state index in [9.17, 15) is 9.59 Å². The van der Waals surface area contributed by atoms with Crippen LogP contribution in [0, 0.1) is 0 Å². The summed E-state index contributed by atoms with van der Waals surface area (Å²) in [6.07, 6.45) is 0. The van der Waals surface area contributed by atoms with Gasteiger partial charge in [0.15, 0.2) is 23.4 Å². The number of hydrogen-bond donors (Lipinski definition) is 6. The lowest BCUT2D eigenvalue weighted by molar-refractivity contribution is -0.123. The summed E-state index contributed by atoms with van der Waals surface area (Å²) in [4.78, 5) is 24.9. The first-order valence-corrected chi connectivity index (χ1v) is 17.6. The van der Waals surface area contributed by atoms with Crippen LogP contribution in [-0.2, 0) is 9.59 Å². The molecular formula is C40H38N6O4S2. The molecule has 6 aromatic carbocycles. The zero-order valence-electron chi connectivity index (χ0n) is 28.2. The predicted molar refractivity (Wildman–Crippen MR) is 217 cm³/mol. The first-order valence-electron chi connectivity index (χ1n) is 16.8. The van der Waals surface area contributed by atoms with Crippen LogP contribution in [0.4, 0.5) is 11.4 Å². The highest BCUT2D eigenvalue weighted by atomic mass is 32.1. The Morgan fingerprint density at radius 2 is 0.885 bits per heavy atom. The Bertz CT molecular complexity index is 2070. The van der Waals surface area contributed by atoms with Crippen molar-refractivity contribution in [3.05, 3.63) is 121 Å². The van der Waals surface area contributed by atoms with Gasteiger partial charge in [-0.2, -0.15) is 0 Å². The number of anilines is 2. The van der Waals surface area contributed by atoms with Gasteiger partial charge >= 0.3 is 0 Å². The van der Waals surface area contributed by atoms with Crippen LogP contribution in [0.2, 0.25) is 0 Å². The van der Waals surface area contributed by atoms with Crippen LogP contribution in [0.3, 0.4) is 0 Å². The van der Waals surface area contributed by atoms with E-state index in [1.807, 2.05) is 109 Å². The van der Waals surface area contributed by atoms with Crippen molar-refractivity contribution in [3.8, 4) is 11.5 Å². The van der Waals surface area contributed by atoms with Crippen molar-refractivity contribution < 1.29 is 19.1 Å². The molecule has 52 heavy (non-hydrogen) atoms. The van der Waals surface area contributed by atoms with Crippen LogP contribution in [0.25, 0.3) is 32.3 Å². The SMILES string of the molecule is O=C(COc1ccc2ccc(OCC(=O)NCCNC(=S)Nc3cccc4ccccc34)cc2c1)NCCNC(=S)Nc1cccc2ccccc12. The molecule has 0 heterocycles. The molecule has 0 aliphatic heterocycles. The molecule has 0 atom stereocenters. The largest absolute Gasteiger partial charge is 0.484 e. The molecule has 6 rings (SSSR count). The van der Waals surface area contributed by atoms with Gasteiger partial charge in [0.25, 0.3) is 11.8 Å². The molecule has 0 saturated heterocycles. The molecule has 0 fully saturated rings. The summed E-state index contributed by atoms with van der Waals surface area (Å²) in [5.41, 5.74) is 1.83. The number of benzene rings is 6. The smallest absolute Gasteiger partial charge is 0.258 e. The first-order chi connectivity index (χ1) is 25.4. The lowest BCUT2D eigenvalue weighted by atomic mass is 10.1. The van der Waals surface area contributed by atoms with E-state index in [-0.39, 0.29) is 25.0 Å². The lowest BCUT2D eigenvalue weighted by Gasteiger charge is -2.13. The van der Waals surface area contributed by atoms with Crippen molar-refractivity contribution in [2.75, 3.05) is 50.0 Å². The summed E-state index contributed by atoms with van der Waals surface area (Å²) >= 11 is 10.9.